The minimum absolute atomic E-state index is 0.0428. The van der Waals surface area contributed by atoms with Gasteiger partial charge in [-0.1, -0.05) is 18.2 Å². The Balaban J connectivity index is 2.58. The summed E-state index contributed by atoms with van der Waals surface area (Å²) in [5, 5.41) is 0. The minimum Gasteiger partial charge on any atom is -0.497 e. The van der Waals surface area contributed by atoms with E-state index in [0.717, 1.165) is 7.11 Å². The fourth-order valence-electron chi connectivity index (χ4n) is 2.09. The number of nitrogens with zero attached hydrogens (tertiary/aromatic N) is 1. The molecule has 0 aliphatic heterocycles. The maximum absolute atomic E-state index is 12.9. The lowest BCUT2D eigenvalue weighted by atomic mass is 10.2. The van der Waals surface area contributed by atoms with Crippen molar-refractivity contribution in [2.45, 2.75) is 11.8 Å². The number of carbonyl (C=O) groups is 1. The average Bonchev–Trinajstić information content (AvgIpc) is 2.55. The maximum Gasteiger partial charge on any atom is 0.428 e. The number of carbonyl (C=O) groups excluding carboxylic acids is 1. The Morgan fingerprint density at radius 2 is 1.61 bits per heavy atom. The quantitative estimate of drug-likeness (QED) is 0.859. The van der Waals surface area contributed by atoms with Crippen LogP contribution in [0.15, 0.2) is 53.4 Å². The molecule has 0 heterocycles. The predicted molar refractivity (Wildman–Crippen MR) is 86.2 cm³/mol. The molecule has 0 radical (unpaired) electrons. The number of hydrogen-bond donors (Lipinski definition) is 0. The summed E-state index contributed by atoms with van der Waals surface area (Å²) in [7, 11) is -1.47. The number of rotatable bonds is 4. The molecule has 0 atom stereocenters. The monoisotopic (exact) mass is 335 g/mol. The van der Waals surface area contributed by atoms with Crippen LogP contribution in [0.1, 0.15) is 5.56 Å². The number of anilines is 1. The smallest absolute Gasteiger partial charge is 0.428 e. The number of aryl methyl sites for hydroxylation is 1. The number of benzene rings is 2. The molecule has 0 N–H and O–H groups in total. The van der Waals surface area contributed by atoms with Crippen molar-refractivity contribution in [2.24, 2.45) is 0 Å². The predicted octanol–water partition coefficient (Wildman–Crippen LogP) is 2.97. The van der Waals surface area contributed by atoms with E-state index in [4.69, 9.17) is 4.74 Å². The summed E-state index contributed by atoms with van der Waals surface area (Å²) >= 11 is 0. The highest BCUT2D eigenvalue weighted by Gasteiger charge is 2.32. The molecule has 0 spiro atoms. The molecule has 2 rings (SSSR count). The standard InChI is InChI=1S/C16H17NO5S/c1-12-6-4-5-7-15(12)23(19,20)17(16(18)22-3)13-8-10-14(21-2)11-9-13/h4-11H,1-3H3. The van der Waals surface area contributed by atoms with E-state index in [1.165, 1.54) is 25.3 Å². The molecule has 0 aromatic heterocycles. The van der Waals surface area contributed by atoms with Crippen molar-refractivity contribution in [1.82, 2.24) is 0 Å². The summed E-state index contributed by atoms with van der Waals surface area (Å²) in [5.41, 5.74) is 0.704. The van der Waals surface area contributed by atoms with Crippen molar-refractivity contribution < 1.29 is 22.7 Å². The van der Waals surface area contributed by atoms with Crippen LogP contribution >= 0.6 is 0 Å². The molecule has 6 nitrogen and oxygen atoms in total. The first-order valence-electron chi connectivity index (χ1n) is 6.74. The summed E-state index contributed by atoms with van der Waals surface area (Å²) in [5.74, 6) is 0.548. The Labute approximate surface area is 135 Å². The second-order valence-corrected chi connectivity index (χ2v) is 6.46. The Morgan fingerprint density at radius 1 is 1.00 bits per heavy atom. The van der Waals surface area contributed by atoms with Gasteiger partial charge in [0.25, 0.3) is 10.0 Å². The van der Waals surface area contributed by atoms with E-state index < -0.39 is 16.1 Å². The first-order valence-corrected chi connectivity index (χ1v) is 8.18. The molecular weight excluding hydrogens is 318 g/mol. The first kappa shape index (κ1) is 16.8. The van der Waals surface area contributed by atoms with Gasteiger partial charge in [-0.25, -0.2) is 13.2 Å². The lowest BCUT2D eigenvalue weighted by molar-refractivity contribution is 0.183. The Bertz CT molecular complexity index is 799. The molecular formula is C16H17NO5S. The van der Waals surface area contributed by atoms with Crippen molar-refractivity contribution >= 4 is 21.8 Å². The second kappa shape index (κ2) is 6.70. The van der Waals surface area contributed by atoms with Crippen LogP contribution in [0, 0.1) is 6.92 Å². The topological polar surface area (TPSA) is 72.9 Å². The van der Waals surface area contributed by atoms with Crippen LogP contribution in [0.3, 0.4) is 0 Å². The molecule has 0 saturated carbocycles. The third-order valence-electron chi connectivity index (χ3n) is 3.26. The number of hydrogen-bond acceptors (Lipinski definition) is 5. The van der Waals surface area contributed by atoms with Gasteiger partial charge in [0, 0.05) is 0 Å². The summed E-state index contributed by atoms with van der Waals surface area (Å²) in [6.07, 6.45) is -0.988. The second-order valence-electron chi connectivity index (χ2n) is 4.70. The van der Waals surface area contributed by atoms with Gasteiger partial charge in [-0.05, 0) is 42.8 Å². The molecule has 0 bridgehead atoms. The number of amides is 1. The highest BCUT2D eigenvalue weighted by Crippen LogP contribution is 2.28. The first-order chi connectivity index (χ1) is 10.9. The van der Waals surface area contributed by atoms with E-state index in [9.17, 15) is 13.2 Å². The summed E-state index contributed by atoms with van der Waals surface area (Å²) in [4.78, 5) is 12.1. The molecule has 2 aromatic rings. The van der Waals surface area contributed by atoms with E-state index in [0.29, 0.717) is 15.6 Å². The highest BCUT2D eigenvalue weighted by molar-refractivity contribution is 7.93. The van der Waals surface area contributed by atoms with Gasteiger partial charge in [0.05, 0.1) is 24.8 Å². The third kappa shape index (κ3) is 3.29. The van der Waals surface area contributed by atoms with E-state index in [2.05, 4.69) is 4.74 Å². The lowest BCUT2D eigenvalue weighted by Gasteiger charge is -2.22. The normalized spacial score (nSPS) is 10.9. The Hall–Kier alpha value is -2.54. The van der Waals surface area contributed by atoms with Crippen LogP contribution in [0.25, 0.3) is 0 Å². The minimum atomic E-state index is -4.10. The third-order valence-corrected chi connectivity index (χ3v) is 5.11. The number of ether oxygens (including phenoxy) is 2. The van der Waals surface area contributed by atoms with E-state index in [1.54, 1.807) is 37.3 Å². The van der Waals surface area contributed by atoms with Crippen LogP contribution < -0.4 is 9.04 Å². The zero-order valence-corrected chi connectivity index (χ0v) is 13.8. The van der Waals surface area contributed by atoms with Gasteiger partial charge in [-0.2, -0.15) is 4.31 Å². The van der Waals surface area contributed by atoms with E-state index in [1.807, 2.05) is 0 Å². The van der Waals surface area contributed by atoms with Crippen molar-refractivity contribution in [2.75, 3.05) is 18.5 Å². The van der Waals surface area contributed by atoms with Crippen LogP contribution in [-0.4, -0.2) is 28.7 Å². The molecule has 0 saturated heterocycles. The van der Waals surface area contributed by atoms with Gasteiger partial charge in [0.15, 0.2) is 0 Å². The zero-order chi connectivity index (χ0) is 17.0. The molecule has 7 heteroatoms. The fourth-order valence-corrected chi connectivity index (χ4v) is 3.68. The van der Waals surface area contributed by atoms with Crippen molar-refractivity contribution in [1.29, 1.82) is 0 Å². The van der Waals surface area contributed by atoms with Gasteiger partial charge in [0.1, 0.15) is 5.75 Å². The summed E-state index contributed by atoms with van der Waals surface area (Å²) in [6, 6.07) is 12.5. The molecule has 1 amide bonds. The van der Waals surface area contributed by atoms with Crippen LogP contribution in [0.2, 0.25) is 0 Å². The molecule has 2 aromatic carbocycles. The van der Waals surface area contributed by atoms with E-state index in [-0.39, 0.29) is 10.6 Å². The SMILES string of the molecule is COC(=O)N(c1ccc(OC)cc1)S(=O)(=O)c1ccccc1C. The number of methoxy groups -OCH3 is 2. The van der Waals surface area contributed by atoms with Crippen LogP contribution in [-0.2, 0) is 14.8 Å². The zero-order valence-electron chi connectivity index (χ0n) is 13.0. The summed E-state index contributed by atoms with van der Waals surface area (Å²) in [6.45, 7) is 1.66. The fraction of sp³-hybridized carbons (Fsp3) is 0.188. The Kier molecular flexibility index (Phi) is 4.90. The van der Waals surface area contributed by atoms with Crippen molar-refractivity contribution in [3.8, 4) is 5.75 Å². The van der Waals surface area contributed by atoms with E-state index >= 15 is 0 Å². The van der Waals surface area contributed by atoms with Gasteiger partial charge in [-0.3, -0.25) is 0 Å². The number of sulfonamides is 1. The molecule has 0 aliphatic rings. The van der Waals surface area contributed by atoms with Gasteiger partial charge < -0.3 is 9.47 Å². The summed E-state index contributed by atoms with van der Waals surface area (Å²) < 4.78 is 36.1. The van der Waals surface area contributed by atoms with Gasteiger partial charge in [0.2, 0.25) is 0 Å². The van der Waals surface area contributed by atoms with Crippen LogP contribution in [0.4, 0.5) is 10.5 Å². The average molecular weight is 335 g/mol. The molecule has 122 valence electrons. The maximum atomic E-state index is 12.9. The lowest BCUT2D eigenvalue weighted by Crippen LogP contribution is -2.37. The largest absolute Gasteiger partial charge is 0.497 e. The molecule has 0 aliphatic carbocycles. The van der Waals surface area contributed by atoms with Gasteiger partial charge >= 0.3 is 6.09 Å². The van der Waals surface area contributed by atoms with Crippen molar-refractivity contribution in [3.63, 3.8) is 0 Å². The van der Waals surface area contributed by atoms with Crippen LogP contribution in [0.5, 0.6) is 5.75 Å². The Morgan fingerprint density at radius 3 is 2.13 bits per heavy atom. The van der Waals surface area contributed by atoms with Crippen molar-refractivity contribution in [3.05, 3.63) is 54.1 Å². The highest BCUT2D eigenvalue weighted by atomic mass is 32.2. The van der Waals surface area contributed by atoms with Gasteiger partial charge in [-0.15, -0.1) is 0 Å². The molecule has 23 heavy (non-hydrogen) atoms. The molecule has 0 fully saturated rings. The molecule has 0 unspecified atom stereocenters.